The fourth-order valence-corrected chi connectivity index (χ4v) is 1.99. The first-order valence-corrected chi connectivity index (χ1v) is 6.97. The lowest BCUT2D eigenvalue weighted by Crippen LogP contribution is -1.99. The number of halogens is 2. The van der Waals surface area contributed by atoms with E-state index in [4.69, 9.17) is 10.7 Å². The summed E-state index contributed by atoms with van der Waals surface area (Å²) in [6.45, 7) is 0.354. The van der Waals surface area contributed by atoms with E-state index < -0.39 is 9.05 Å². The van der Waals surface area contributed by atoms with Gasteiger partial charge in [0.15, 0.2) is 0 Å². The maximum atomic E-state index is 12.7. The molecule has 0 bridgehead atoms. The van der Waals surface area contributed by atoms with Gasteiger partial charge < -0.3 is 0 Å². The van der Waals surface area contributed by atoms with Gasteiger partial charge in [-0.3, -0.25) is 4.68 Å². The smallest absolute Gasteiger partial charge is 0.264 e. The van der Waals surface area contributed by atoms with Crippen LogP contribution < -0.4 is 0 Å². The number of rotatable bonds is 3. The van der Waals surface area contributed by atoms with Gasteiger partial charge in [0.1, 0.15) is 10.7 Å². The molecule has 0 aliphatic rings. The molecule has 17 heavy (non-hydrogen) atoms. The number of hydrogen-bond acceptors (Lipinski definition) is 3. The molecule has 0 spiro atoms. The van der Waals surface area contributed by atoms with Gasteiger partial charge in [0, 0.05) is 16.9 Å². The van der Waals surface area contributed by atoms with Gasteiger partial charge in [-0.05, 0) is 17.7 Å². The van der Waals surface area contributed by atoms with Crippen molar-refractivity contribution in [3.8, 4) is 0 Å². The molecule has 1 aromatic carbocycles. The Balaban J connectivity index is 2.20. The number of nitrogens with zero attached hydrogens (tertiary/aromatic N) is 2. The summed E-state index contributed by atoms with van der Waals surface area (Å²) in [6.07, 6.45) is 2.50. The molecule has 0 atom stereocenters. The van der Waals surface area contributed by atoms with Crippen molar-refractivity contribution in [3.05, 3.63) is 48.0 Å². The van der Waals surface area contributed by atoms with Crippen LogP contribution in [0.5, 0.6) is 0 Å². The van der Waals surface area contributed by atoms with Crippen molar-refractivity contribution >= 4 is 19.7 Å². The highest BCUT2D eigenvalue weighted by Gasteiger charge is 2.12. The third-order valence-electron chi connectivity index (χ3n) is 2.15. The summed E-state index contributed by atoms with van der Waals surface area (Å²) in [5, 5.41) is 3.86. The Bertz CT molecular complexity index is 622. The maximum absolute atomic E-state index is 12.7. The van der Waals surface area contributed by atoms with Crippen molar-refractivity contribution in [1.82, 2.24) is 9.78 Å². The van der Waals surface area contributed by atoms with E-state index in [0.717, 1.165) is 5.56 Å². The molecule has 90 valence electrons. The molecule has 0 aliphatic carbocycles. The van der Waals surface area contributed by atoms with Crippen LogP contribution in [0.25, 0.3) is 0 Å². The zero-order chi connectivity index (χ0) is 12.5. The molecular formula is C10H8ClFN2O2S. The second kappa shape index (κ2) is 4.46. The van der Waals surface area contributed by atoms with Crippen LogP contribution in [-0.4, -0.2) is 18.2 Å². The van der Waals surface area contributed by atoms with Gasteiger partial charge in [-0.15, -0.1) is 0 Å². The van der Waals surface area contributed by atoms with Crippen LogP contribution in [-0.2, 0) is 15.6 Å². The van der Waals surface area contributed by atoms with Gasteiger partial charge in [-0.1, -0.05) is 12.1 Å². The minimum atomic E-state index is -3.75. The predicted octanol–water partition coefficient (Wildman–Crippen LogP) is 2.00. The zero-order valence-electron chi connectivity index (χ0n) is 8.55. The highest BCUT2D eigenvalue weighted by atomic mass is 35.7. The first-order chi connectivity index (χ1) is 7.95. The third-order valence-corrected chi connectivity index (χ3v) is 3.46. The molecule has 1 heterocycles. The van der Waals surface area contributed by atoms with Crippen molar-refractivity contribution in [1.29, 1.82) is 0 Å². The molecule has 2 rings (SSSR count). The van der Waals surface area contributed by atoms with Crippen LogP contribution in [0, 0.1) is 5.82 Å². The van der Waals surface area contributed by atoms with E-state index in [2.05, 4.69) is 5.10 Å². The van der Waals surface area contributed by atoms with E-state index in [1.54, 1.807) is 12.1 Å². The summed E-state index contributed by atoms with van der Waals surface area (Å²) in [4.78, 5) is -0.0544. The van der Waals surface area contributed by atoms with Crippen LogP contribution in [0.2, 0.25) is 0 Å². The number of benzene rings is 1. The Labute approximate surface area is 102 Å². The van der Waals surface area contributed by atoms with E-state index in [9.17, 15) is 12.8 Å². The monoisotopic (exact) mass is 274 g/mol. The molecule has 0 aliphatic heterocycles. The predicted molar refractivity (Wildman–Crippen MR) is 60.8 cm³/mol. The number of aromatic nitrogens is 2. The molecule has 0 saturated carbocycles. The van der Waals surface area contributed by atoms with Gasteiger partial charge in [0.2, 0.25) is 0 Å². The molecule has 7 heteroatoms. The molecule has 1 aromatic heterocycles. The second-order valence-electron chi connectivity index (χ2n) is 3.44. The molecule has 0 N–H and O–H groups in total. The summed E-state index contributed by atoms with van der Waals surface area (Å²) < 4.78 is 36.1. The SMILES string of the molecule is O=S(=O)(Cl)c1cnn(Cc2ccc(F)cc2)c1. The van der Waals surface area contributed by atoms with E-state index in [0.29, 0.717) is 6.54 Å². The Morgan fingerprint density at radius 3 is 2.47 bits per heavy atom. The van der Waals surface area contributed by atoms with Gasteiger partial charge >= 0.3 is 0 Å². The molecule has 0 fully saturated rings. The number of hydrogen-bond donors (Lipinski definition) is 0. The fraction of sp³-hybridized carbons (Fsp3) is 0.100. The molecule has 0 amide bonds. The summed E-state index contributed by atoms with van der Waals surface area (Å²) in [5.41, 5.74) is 0.813. The topological polar surface area (TPSA) is 52.0 Å². The molecule has 0 radical (unpaired) electrons. The lowest BCUT2D eigenvalue weighted by molar-refractivity contribution is 0.609. The summed E-state index contributed by atoms with van der Waals surface area (Å²) in [5.74, 6) is -0.321. The van der Waals surface area contributed by atoms with Crippen LogP contribution >= 0.6 is 10.7 Å². The van der Waals surface area contributed by atoms with E-state index in [-0.39, 0.29) is 10.7 Å². The summed E-state index contributed by atoms with van der Waals surface area (Å²) >= 11 is 0. The Morgan fingerprint density at radius 2 is 1.94 bits per heavy atom. The minimum Gasteiger partial charge on any atom is -0.267 e. The molecular weight excluding hydrogens is 267 g/mol. The van der Waals surface area contributed by atoms with Gasteiger partial charge in [-0.2, -0.15) is 5.10 Å². The molecule has 2 aromatic rings. The lowest BCUT2D eigenvalue weighted by atomic mass is 10.2. The summed E-state index contributed by atoms with van der Waals surface area (Å²) in [7, 11) is 1.41. The van der Waals surface area contributed by atoms with Crippen molar-refractivity contribution < 1.29 is 12.8 Å². The van der Waals surface area contributed by atoms with Crippen LogP contribution in [0.3, 0.4) is 0 Å². The Morgan fingerprint density at radius 1 is 1.29 bits per heavy atom. The van der Waals surface area contributed by atoms with Crippen molar-refractivity contribution in [3.63, 3.8) is 0 Å². The normalized spacial score (nSPS) is 11.6. The zero-order valence-corrected chi connectivity index (χ0v) is 10.1. The molecule has 0 unspecified atom stereocenters. The Hall–Kier alpha value is -1.40. The molecule has 0 saturated heterocycles. The van der Waals surface area contributed by atoms with E-state index in [1.165, 1.54) is 29.2 Å². The third kappa shape index (κ3) is 3.04. The largest absolute Gasteiger partial charge is 0.267 e. The standard InChI is InChI=1S/C10H8ClFN2O2S/c11-17(15,16)10-5-13-14(7-10)6-8-1-3-9(12)4-2-8/h1-5,7H,6H2. The van der Waals surface area contributed by atoms with Crippen molar-refractivity contribution in [2.45, 2.75) is 11.4 Å². The van der Waals surface area contributed by atoms with E-state index >= 15 is 0 Å². The highest BCUT2D eigenvalue weighted by Crippen LogP contribution is 2.14. The maximum Gasteiger partial charge on any atom is 0.264 e. The quantitative estimate of drug-likeness (QED) is 0.805. The average molecular weight is 275 g/mol. The second-order valence-corrected chi connectivity index (χ2v) is 6.00. The average Bonchev–Trinajstić information content (AvgIpc) is 2.69. The Kier molecular flexibility index (Phi) is 3.17. The van der Waals surface area contributed by atoms with Crippen LogP contribution in [0.4, 0.5) is 4.39 Å². The first kappa shape index (κ1) is 12.1. The van der Waals surface area contributed by atoms with Crippen LogP contribution in [0.15, 0.2) is 41.6 Å². The van der Waals surface area contributed by atoms with Gasteiger partial charge in [0.25, 0.3) is 9.05 Å². The fourth-order valence-electron chi connectivity index (χ4n) is 1.33. The van der Waals surface area contributed by atoms with Gasteiger partial charge in [0.05, 0.1) is 12.7 Å². The first-order valence-electron chi connectivity index (χ1n) is 4.67. The van der Waals surface area contributed by atoms with Crippen molar-refractivity contribution in [2.75, 3.05) is 0 Å². The van der Waals surface area contributed by atoms with Crippen molar-refractivity contribution in [2.24, 2.45) is 0 Å². The minimum absolute atomic E-state index is 0.0544. The molecule has 4 nitrogen and oxygen atoms in total. The summed E-state index contributed by atoms with van der Waals surface area (Å²) in [6, 6.07) is 5.87. The lowest BCUT2D eigenvalue weighted by Gasteiger charge is -2.00. The van der Waals surface area contributed by atoms with Gasteiger partial charge in [-0.25, -0.2) is 12.8 Å². The highest BCUT2D eigenvalue weighted by molar-refractivity contribution is 8.13. The van der Waals surface area contributed by atoms with E-state index in [1.807, 2.05) is 0 Å². The van der Waals surface area contributed by atoms with Crippen LogP contribution in [0.1, 0.15) is 5.56 Å².